The number of nitrogens with zero attached hydrogens (tertiary/aromatic N) is 2. The molecule has 0 radical (unpaired) electrons. The second kappa shape index (κ2) is 6.94. The minimum atomic E-state index is -0.425. The summed E-state index contributed by atoms with van der Waals surface area (Å²) in [5.74, 6) is 0.892. The van der Waals surface area contributed by atoms with Crippen molar-refractivity contribution in [3.8, 4) is 0 Å². The SMILES string of the molecule is Cc1cc(C[C@@H]2CN(Cc3cc(=O)oc4cc(C)c(C)cc34)C[C@H]2O)on1. The van der Waals surface area contributed by atoms with E-state index in [0.717, 1.165) is 40.1 Å². The fourth-order valence-corrected chi connectivity index (χ4v) is 3.90. The first kappa shape index (κ1) is 17.9. The van der Waals surface area contributed by atoms with Crippen molar-refractivity contribution in [2.75, 3.05) is 13.1 Å². The Morgan fingerprint density at radius 1 is 1.15 bits per heavy atom. The number of aromatic nitrogens is 1. The number of β-amino-alcohol motifs (C(OH)–C–C–N with tert-alkyl or cyclic N) is 1. The molecule has 0 saturated carbocycles. The molecule has 0 bridgehead atoms. The number of aliphatic hydroxyl groups is 1. The van der Waals surface area contributed by atoms with Gasteiger partial charge in [-0.1, -0.05) is 5.16 Å². The lowest BCUT2D eigenvalue weighted by Gasteiger charge is -2.17. The van der Waals surface area contributed by atoms with Crippen molar-refractivity contribution in [2.45, 2.75) is 39.8 Å². The predicted octanol–water partition coefficient (Wildman–Crippen LogP) is 2.74. The maximum atomic E-state index is 12.0. The summed E-state index contributed by atoms with van der Waals surface area (Å²) in [6.07, 6.45) is 0.236. The van der Waals surface area contributed by atoms with Crippen LogP contribution in [0.3, 0.4) is 0 Å². The van der Waals surface area contributed by atoms with Gasteiger partial charge in [-0.3, -0.25) is 4.90 Å². The summed E-state index contributed by atoms with van der Waals surface area (Å²) in [6, 6.07) is 7.47. The van der Waals surface area contributed by atoms with Crippen molar-refractivity contribution in [1.82, 2.24) is 10.1 Å². The monoisotopic (exact) mass is 368 g/mol. The van der Waals surface area contributed by atoms with Gasteiger partial charge in [0.2, 0.25) is 0 Å². The Balaban J connectivity index is 1.56. The minimum absolute atomic E-state index is 0.0905. The van der Waals surface area contributed by atoms with E-state index in [9.17, 15) is 9.90 Å². The molecular weight excluding hydrogens is 344 g/mol. The third-order valence-corrected chi connectivity index (χ3v) is 5.46. The Hall–Kier alpha value is -2.44. The summed E-state index contributed by atoms with van der Waals surface area (Å²) in [7, 11) is 0. The van der Waals surface area contributed by atoms with Gasteiger partial charge in [-0.2, -0.15) is 0 Å². The zero-order chi connectivity index (χ0) is 19.1. The molecule has 0 spiro atoms. The Labute approximate surface area is 157 Å². The molecule has 2 atom stereocenters. The molecule has 0 unspecified atom stereocenters. The second-order valence-electron chi connectivity index (χ2n) is 7.68. The molecule has 1 aliphatic rings. The van der Waals surface area contributed by atoms with Crippen molar-refractivity contribution in [3.05, 3.63) is 62.8 Å². The average Bonchev–Trinajstić information content (AvgIpc) is 3.15. The Kier molecular flexibility index (Phi) is 4.61. The highest BCUT2D eigenvalue weighted by Gasteiger charge is 2.32. The lowest BCUT2D eigenvalue weighted by molar-refractivity contribution is 0.137. The summed E-state index contributed by atoms with van der Waals surface area (Å²) in [5.41, 5.74) is 4.33. The number of aliphatic hydroxyl groups excluding tert-OH is 1. The van der Waals surface area contributed by atoms with Gasteiger partial charge in [0.25, 0.3) is 0 Å². The van der Waals surface area contributed by atoms with E-state index >= 15 is 0 Å². The Morgan fingerprint density at radius 3 is 2.67 bits per heavy atom. The van der Waals surface area contributed by atoms with Crippen LogP contribution in [0.25, 0.3) is 11.0 Å². The molecule has 27 heavy (non-hydrogen) atoms. The lowest BCUT2D eigenvalue weighted by Crippen LogP contribution is -2.22. The first-order valence-corrected chi connectivity index (χ1v) is 9.25. The molecule has 1 N–H and O–H groups in total. The largest absolute Gasteiger partial charge is 0.423 e. The first-order valence-electron chi connectivity index (χ1n) is 9.25. The molecule has 1 saturated heterocycles. The van der Waals surface area contributed by atoms with Gasteiger partial charge in [-0.05, 0) is 49.6 Å². The normalized spacial score (nSPS) is 20.6. The van der Waals surface area contributed by atoms with Crippen LogP contribution in [0.1, 0.15) is 28.1 Å². The summed E-state index contributed by atoms with van der Waals surface area (Å²) < 4.78 is 10.7. The molecule has 142 valence electrons. The smallest absolute Gasteiger partial charge is 0.336 e. The zero-order valence-corrected chi connectivity index (χ0v) is 15.9. The number of benzene rings is 1. The van der Waals surface area contributed by atoms with E-state index in [1.54, 1.807) is 6.07 Å². The fraction of sp³-hybridized carbons (Fsp3) is 0.429. The maximum Gasteiger partial charge on any atom is 0.336 e. The number of fused-ring (bicyclic) bond motifs is 1. The lowest BCUT2D eigenvalue weighted by atomic mass is 10.0. The van der Waals surface area contributed by atoms with Gasteiger partial charge in [-0.15, -0.1) is 0 Å². The van der Waals surface area contributed by atoms with Gasteiger partial charge in [0, 0.05) is 49.5 Å². The second-order valence-corrected chi connectivity index (χ2v) is 7.68. The highest BCUT2D eigenvalue weighted by Crippen LogP contribution is 2.27. The number of aryl methyl sites for hydroxylation is 3. The van der Waals surface area contributed by atoms with Crippen LogP contribution in [0.15, 0.2) is 38.0 Å². The van der Waals surface area contributed by atoms with Crippen LogP contribution in [0, 0.1) is 26.7 Å². The van der Waals surface area contributed by atoms with Gasteiger partial charge in [0.15, 0.2) is 0 Å². The first-order chi connectivity index (χ1) is 12.9. The molecule has 0 aliphatic carbocycles. The minimum Gasteiger partial charge on any atom is -0.423 e. The third kappa shape index (κ3) is 3.68. The van der Waals surface area contributed by atoms with E-state index in [4.69, 9.17) is 8.94 Å². The molecule has 1 aliphatic heterocycles. The summed E-state index contributed by atoms with van der Waals surface area (Å²) in [5, 5.41) is 15.3. The van der Waals surface area contributed by atoms with Crippen LogP contribution in [-0.2, 0) is 13.0 Å². The fourth-order valence-electron chi connectivity index (χ4n) is 3.90. The molecule has 1 aromatic carbocycles. The van der Waals surface area contributed by atoms with E-state index < -0.39 is 6.10 Å². The van der Waals surface area contributed by atoms with Crippen molar-refractivity contribution in [3.63, 3.8) is 0 Å². The standard InChI is InChI=1S/C21H24N2O4/c1-12-4-18-15(8-21(25)26-20(18)5-13(12)2)9-23-10-16(19(24)11-23)7-17-6-14(3)22-27-17/h4-6,8,16,19,24H,7,9-11H2,1-3H3/t16-,19-/m1/s1. The molecule has 3 aromatic rings. The van der Waals surface area contributed by atoms with Crippen LogP contribution in [0.5, 0.6) is 0 Å². The average molecular weight is 368 g/mol. The number of hydrogen-bond acceptors (Lipinski definition) is 6. The molecular formula is C21H24N2O4. The predicted molar refractivity (Wildman–Crippen MR) is 102 cm³/mol. The van der Waals surface area contributed by atoms with Crippen LogP contribution < -0.4 is 5.63 Å². The molecule has 2 aromatic heterocycles. The van der Waals surface area contributed by atoms with Gasteiger partial charge >= 0.3 is 5.63 Å². The van der Waals surface area contributed by atoms with Gasteiger partial charge < -0.3 is 14.0 Å². The van der Waals surface area contributed by atoms with Crippen molar-refractivity contribution in [1.29, 1.82) is 0 Å². The van der Waals surface area contributed by atoms with E-state index in [0.29, 0.717) is 25.1 Å². The Bertz CT molecular complexity index is 1040. The topological polar surface area (TPSA) is 79.7 Å². The van der Waals surface area contributed by atoms with Gasteiger partial charge in [0.1, 0.15) is 11.3 Å². The maximum absolute atomic E-state index is 12.0. The summed E-state index contributed by atoms with van der Waals surface area (Å²) in [6.45, 7) is 7.87. The highest BCUT2D eigenvalue weighted by atomic mass is 16.5. The molecule has 0 amide bonds. The molecule has 4 rings (SSSR count). The van der Waals surface area contributed by atoms with Crippen LogP contribution in [-0.4, -0.2) is 34.4 Å². The van der Waals surface area contributed by atoms with E-state index in [-0.39, 0.29) is 11.5 Å². The molecule has 3 heterocycles. The van der Waals surface area contributed by atoms with Gasteiger partial charge in [0.05, 0.1) is 11.8 Å². The third-order valence-electron chi connectivity index (χ3n) is 5.46. The number of rotatable bonds is 4. The van der Waals surface area contributed by atoms with Crippen LogP contribution in [0.2, 0.25) is 0 Å². The molecule has 6 heteroatoms. The molecule has 1 fully saturated rings. The Morgan fingerprint density at radius 2 is 1.93 bits per heavy atom. The van der Waals surface area contributed by atoms with Crippen molar-refractivity contribution in [2.24, 2.45) is 5.92 Å². The van der Waals surface area contributed by atoms with Crippen molar-refractivity contribution >= 4 is 11.0 Å². The number of hydrogen-bond donors (Lipinski definition) is 1. The van der Waals surface area contributed by atoms with Gasteiger partial charge in [-0.25, -0.2) is 4.79 Å². The van der Waals surface area contributed by atoms with E-state index in [1.807, 2.05) is 26.0 Å². The highest BCUT2D eigenvalue weighted by molar-refractivity contribution is 5.81. The number of likely N-dealkylation sites (tertiary alicyclic amines) is 1. The summed E-state index contributed by atoms with van der Waals surface area (Å²) in [4.78, 5) is 14.2. The quantitative estimate of drug-likeness (QED) is 0.714. The zero-order valence-electron chi connectivity index (χ0n) is 15.9. The molecule has 6 nitrogen and oxygen atoms in total. The van der Waals surface area contributed by atoms with E-state index in [1.165, 1.54) is 0 Å². The van der Waals surface area contributed by atoms with Crippen LogP contribution in [0.4, 0.5) is 0 Å². The van der Waals surface area contributed by atoms with E-state index in [2.05, 4.69) is 23.0 Å². The van der Waals surface area contributed by atoms with Crippen LogP contribution >= 0.6 is 0 Å². The summed E-state index contributed by atoms with van der Waals surface area (Å²) >= 11 is 0. The van der Waals surface area contributed by atoms with Crippen molar-refractivity contribution < 1.29 is 14.0 Å².